The topological polar surface area (TPSA) is 9.23 Å². The molecule has 0 bridgehead atoms. The summed E-state index contributed by atoms with van der Waals surface area (Å²) in [7, 11) is 0. The Labute approximate surface area is 127 Å². The van der Waals surface area contributed by atoms with Gasteiger partial charge in [-0.05, 0) is 43.7 Å². The minimum Gasteiger partial charge on any atom is -0.429 e. The summed E-state index contributed by atoms with van der Waals surface area (Å²) in [6, 6.07) is 7.43. The molecule has 0 unspecified atom stereocenters. The molecule has 0 aliphatic heterocycles. The zero-order valence-electron chi connectivity index (χ0n) is 12.9. The molecule has 2 aromatic rings. The van der Waals surface area contributed by atoms with Crippen LogP contribution >= 0.6 is 0 Å². The Morgan fingerprint density at radius 1 is 0.818 bits per heavy atom. The highest BCUT2D eigenvalue weighted by molar-refractivity contribution is 5.31. The maximum absolute atomic E-state index is 13.9. The first-order valence-electron chi connectivity index (χ1n) is 6.89. The van der Waals surface area contributed by atoms with Crippen LogP contribution in [-0.2, 0) is 6.11 Å². The van der Waals surface area contributed by atoms with Crippen LogP contribution < -0.4 is 4.74 Å². The third-order valence-corrected chi connectivity index (χ3v) is 2.74. The summed E-state index contributed by atoms with van der Waals surface area (Å²) >= 11 is 0. The Balaban J connectivity index is 0.00000116. The summed E-state index contributed by atoms with van der Waals surface area (Å²) in [5.74, 6) is -2.83. The van der Waals surface area contributed by atoms with Gasteiger partial charge in [-0.25, -0.2) is 8.78 Å². The summed E-state index contributed by atoms with van der Waals surface area (Å²) < 4.78 is 59.4. The fourth-order valence-corrected chi connectivity index (χ4v) is 1.78. The molecule has 0 amide bonds. The number of alkyl halides is 2. The number of rotatable bonds is 3. The first kappa shape index (κ1) is 18.0. The van der Waals surface area contributed by atoms with Crippen molar-refractivity contribution in [3.8, 4) is 5.75 Å². The van der Waals surface area contributed by atoms with Gasteiger partial charge in [0.25, 0.3) is 0 Å². The molecule has 0 saturated heterocycles. The average Bonchev–Trinajstić information content (AvgIpc) is 2.42. The maximum Gasteiger partial charge on any atom is 0.432 e. The molecule has 22 heavy (non-hydrogen) atoms. The minimum atomic E-state index is -4.09. The Bertz CT molecular complexity index is 598. The third-order valence-electron chi connectivity index (χ3n) is 2.74. The van der Waals surface area contributed by atoms with Gasteiger partial charge in [0.05, 0.1) is 0 Å². The zero-order valence-corrected chi connectivity index (χ0v) is 12.9. The Hall–Kier alpha value is -2.04. The van der Waals surface area contributed by atoms with E-state index in [9.17, 15) is 17.6 Å². The number of aryl methyl sites for hydroxylation is 2. The second-order valence-corrected chi connectivity index (χ2v) is 4.54. The molecule has 2 aromatic carbocycles. The van der Waals surface area contributed by atoms with Crippen LogP contribution in [0.15, 0.2) is 36.4 Å². The largest absolute Gasteiger partial charge is 0.432 e. The van der Waals surface area contributed by atoms with E-state index in [0.29, 0.717) is 0 Å². The van der Waals surface area contributed by atoms with E-state index in [1.165, 1.54) is 19.1 Å². The fourth-order valence-electron chi connectivity index (χ4n) is 1.78. The average molecular weight is 314 g/mol. The number of hydrogen-bond donors (Lipinski definition) is 0. The predicted molar refractivity (Wildman–Crippen MR) is 78.1 cm³/mol. The summed E-state index contributed by atoms with van der Waals surface area (Å²) in [5.41, 5.74) is -0.313. The molecule has 1 nitrogen and oxygen atoms in total. The molecule has 0 radical (unpaired) electrons. The molecule has 0 fully saturated rings. The molecule has 0 N–H and O–H groups in total. The molecule has 0 aliphatic rings. The van der Waals surface area contributed by atoms with Gasteiger partial charge in [-0.2, -0.15) is 8.78 Å². The lowest BCUT2D eigenvalue weighted by atomic mass is 10.1. The van der Waals surface area contributed by atoms with Crippen molar-refractivity contribution in [3.05, 3.63) is 64.7 Å². The van der Waals surface area contributed by atoms with Crippen molar-refractivity contribution in [1.29, 1.82) is 0 Å². The molecule has 0 heterocycles. The normalized spacial score (nSPS) is 10.7. The van der Waals surface area contributed by atoms with Crippen molar-refractivity contribution in [2.45, 2.75) is 33.8 Å². The fraction of sp³-hybridized carbons (Fsp3) is 0.294. The Morgan fingerprint density at radius 3 is 1.73 bits per heavy atom. The Kier molecular flexibility index (Phi) is 5.97. The monoisotopic (exact) mass is 314 g/mol. The van der Waals surface area contributed by atoms with Crippen LogP contribution in [-0.4, -0.2) is 0 Å². The highest BCUT2D eigenvalue weighted by Crippen LogP contribution is 2.35. The van der Waals surface area contributed by atoms with Gasteiger partial charge < -0.3 is 4.74 Å². The first-order chi connectivity index (χ1) is 10.3. The van der Waals surface area contributed by atoms with Crippen molar-refractivity contribution in [1.82, 2.24) is 0 Å². The smallest absolute Gasteiger partial charge is 0.429 e. The van der Waals surface area contributed by atoms with Crippen LogP contribution in [0.3, 0.4) is 0 Å². The molecular formula is C17H18F4O. The molecule has 0 saturated carbocycles. The van der Waals surface area contributed by atoms with E-state index >= 15 is 0 Å². The summed E-state index contributed by atoms with van der Waals surface area (Å²) in [6.45, 7) is 7.19. The number of ether oxygens (including phenoxy) is 1. The van der Waals surface area contributed by atoms with Crippen LogP contribution in [0.25, 0.3) is 0 Å². The van der Waals surface area contributed by atoms with E-state index in [1.54, 1.807) is 19.1 Å². The number of halogens is 4. The highest BCUT2D eigenvalue weighted by Gasteiger charge is 2.40. The van der Waals surface area contributed by atoms with E-state index < -0.39 is 23.3 Å². The number of benzene rings is 2. The van der Waals surface area contributed by atoms with Crippen molar-refractivity contribution < 1.29 is 22.3 Å². The van der Waals surface area contributed by atoms with Crippen molar-refractivity contribution >= 4 is 0 Å². The molecule has 0 spiro atoms. The molecule has 0 aromatic heterocycles. The van der Waals surface area contributed by atoms with Gasteiger partial charge >= 0.3 is 6.11 Å². The molecule has 120 valence electrons. The van der Waals surface area contributed by atoms with Gasteiger partial charge in [0, 0.05) is 0 Å². The van der Waals surface area contributed by atoms with Crippen molar-refractivity contribution in [2.24, 2.45) is 0 Å². The second kappa shape index (κ2) is 7.29. The predicted octanol–water partition coefficient (Wildman–Crippen LogP) is 5.74. The van der Waals surface area contributed by atoms with Crippen molar-refractivity contribution in [2.75, 3.05) is 0 Å². The van der Waals surface area contributed by atoms with Crippen molar-refractivity contribution in [3.63, 3.8) is 0 Å². The van der Waals surface area contributed by atoms with Gasteiger partial charge in [-0.1, -0.05) is 31.5 Å². The lowest BCUT2D eigenvalue weighted by Crippen LogP contribution is -2.25. The summed E-state index contributed by atoms with van der Waals surface area (Å²) in [5, 5.41) is 0. The Morgan fingerprint density at radius 2 is 1.27 bits per heavy atom. The van der Waals surface area contributed by atoms with Crippen LogP contribution in [0.1, 0.15) is 30.5 Å². The van der Waals surface area contributed by atoms with Crippen LogP contribution in [0.5, 0.6) is 5.75 Å². The summed E-state index contributed by atoms with van der Waals surface area (Å²) in [6.07, 6.45) is -4.09. The third kappa shape index (κ3) is 4.23. The van der Waals surface area contributed by atoms with E-state index in [4.69, 9.17) is 0 Å². The molecule has 0 aliphatic carbocycles. The maximum atomic E-state index is 13.9. The minimum absolute atomic E-state index is 0.167. The van der Waals surface area contributed by atoms with Gasteiger partial charge in [-0.15, -0.1) is 0 Å². The molecule has 0 atom stereocenters. The van der Waals surface area contributed by atoms with Gasteiger partial charge in [0.1, 0.15) is 22.9 Å². The van der Waals surface area contributed by atoms with Gasteiger partial charge in [0.15, 0.2) is 0 Å². The van der Waals surface area contributed by atoms with Crippen LogP contribution in [0.4, 0.5) is 17.6 Å². The lowest BCUT2D eigenvalue weighted by Gasteiger charge is -2.19. The first-order valence-corrected chi connectivity index (χ1v) is 6.89. The van der Waals surface area contributed by atoms with E-state index in [2.05, 4.69) is 4.74 Å². The van der Waals surface area contributed by atoms with Gasteiger partial charge in [0.2, 0.25) is 0 Å². The number of hydrogen-bond acceptors (Lipinski definition) is 1. The molecular weight excluding hydrogens is 296 g/mol. The quantitative estimate of drug-likeness (QED) is 0.657. The molecule has 5 heteroatoms. The standard InChI is InChI=1S/C15H12F4O.C2H6/c1-9-3-5-11(6-4-9)20-15(18,19)14-12(16)7-10(2)8-13(14)17;1-2/h3-8H,1-2H3;1-2H3. The van der Waals surface area contributed by atoms with Crippen LogP contribution in [0.2, 0.25) is 0 Å². The lowest BCUT2D eigenvalue weighted by molar-refractivity contribution is -0.189. The van der Waals surface area contributed by atoms with E-state index in [0.717, 1.165) is 17.7 Å². The van der Waals surface area contributed by atoms with Crippen LogP contribution in [0, 0.1) is 25.5 Å². The van der Waals surface area contributed by atoms with Gasteiger partial charge in [-0.3, -0.25) is 0 Å². The van der Waals surface area contributed by atoms with E-state index in [-0.39, 0.29) is 11.3 Å². The van der Waals surface area contributed by atoms with E-state index in [1.807, 2.05) is 13.8 Å². The summed E-state index contributed by atoms with van der Waals surface area (Å²) in [4.78, 5) is 0. The highest BCUT2D eigenvalue weighted by atomic mass is 19.3. The SMILES string of the molecule is CC.Cc1ccc(OC(F)(F)c2c(F)cc(C)cc2F)cc1. The molecule has 2 rings (SSSR count). The zero-order chi connectivity index (χ0) is 16.9. The second-order valence-electron chi connectivity index (χ2n) is 4.54.